The van der Waals surface area contributed by atoms with E-state index < -0.39 is 0 Å². The molecule has 0 unspecified atom stereocenters. The summed E-state index contributed by atoms with van der Waals surface area (Å²) in [6.07, 6.45) is 1.19. The van der Waals surface area contributed by atoms with Crippen molar-refractivity contribution in [1.82, 2.24) is 5.32 Å². The maximum absolute atomic E-state index is 12.0. The lowest BCUT2D eigenvalue weighted by atomic mass is 10.1. The van der Waals surface area contributed by atoms with Gasteiger partial charge < -0.3 is 15.0 Å². The van der Waals surface area contributed by atoms with Crippen LogP contribution >= 0.6 is 0 Å². The van der Waals surface area contributed by atoms with Crippen LogP contribution in [0.3, 0.4) is 0 Å². The van der Waals surface area contributed by atoms with E-state index in [1.807, 2.05) is 39.0 Å². The van der Waals surface area contributed by atoms with Crippen molar-refractivity contribution >= 4 is 17.5 Å². The number of hydrogen-bond acceptors (Lipinski definition) is 3. The molecule has 21 heavy (non-hydrogen) atoms. The van der Waals surface area contributed by atoms with Crippen LogP contribution in [-0.4, -0.2) is 31.0 Å². The van der Waals surface area contributed by atoms with Crippen LogP contribution in [0, 0.1) is 6.92 Å². The first-order chi connectivity index (χ1) is 10.0. The highest BCUT2D eigenvalue weighted by Crippen LogP contribution is 2.32. The van der Waals surface area contributed by atoms with Gasteiger partial charge in [0.05, 0.1) is 5.69 Å². The van der Waals surface area contributed by atoms with Crippen LogP contribution < -0.4 is 15.0 Å². The minimum absolute atomic E-state index is 0.0298. The summed E-state index contributed by atoms with van der Waals surface area (Å²) in [7, 11) is 0. The molecule has 0 radical (unpaired) electrons. The number of rotatable bonds is 5. The van der Waals surface area contributed by atoms with Crippen LogP contribution in [0.5, 0.6) is 5.75 Å². The molecule has 1 heterocycles. The SMILES string of the molecule is CC[C@@H](C)NC(=O)CCN1C(=O)COc2ccc(C)cc21. The lowest BCUT2D eigenvalue weighted by Gasteiger charge is -2.29. The summed E-state index contributed by atoms with van der Waals surface area (Å²) in [6, 6.07) is 5.89. The van der Waals surface area contributed by atoms with E-state index in [4.69, 9.17) is 4.74 Å². The van der Waals surface area contributed by atoms with E-state index >= 15 is 0 Å². The quantitative estimate of drug-likeness (QED) is 0.902. The topological polar surface area (TPSA) is 58.6 Å². The molecule has 5 heteroatoms. The summed E-state index contributed by atoms with van der Waals surface area (Å²) in [5, 5.41) is 2.91. The molecule has 0 bridgehead atoms. The number of carbonyl (C=O) groups excluding carboxylic acids is 2. The van der Waals surface area contributed by atoms with Gasteiger partial charge in [-0.15, -0.1) is 0 Å². The molecule has 0 fully saturated rings. The average Bonchev–Trinajstić information content (AvgIpc) is 2.46. The van der Waals surface area contributed by atoms with Crippen molar-refractivity contribution in [2.45, 2.75) is 39.7 Å². The number of nitrogens with zero attached hydrogens (tertiary/aromatic N) is 1. The smallest absolute Gasteiger partial charge is 0.265 e. The third-order valence-corrected chi connectivity index (χ3v) is 3.64. The van der Waals surface area contributed by atoms with Crippen molar-refractivity contribution < 1.29 is 14.3 Å². The van der Waals surface area contributed by atoms with Crippen molar-refractivity contribution in [3.8, 4) is 5.75 Å². The first kappa shape index (κ1) is 15.4. The van der Waals surface area contributed by atoms with Gasteiger partial charge in [-0.05, 0) is 38.0 Å². The summed E-state index contributed by atoms with van der Waals surface area (Å²) >= 11 is 0. The van der Waals surface area contributed by atoms with Crippen molar-refractivity contribution in [2.24, 2.45) is 0 Å². The minimum Gasteiger partial charge on any atom is -0.482 e. The summed E-state index contributed by atoms with van der Waals surface area (Å²) in [6.45, 7) is 6.36. The molecule has 0 saturated heterocycles. The van der Waals surface area contributed by atoms with Gasteiger partial charge in [-0.25, -0.2) is 0 Å². The Morgan fingerprint density at radius 1 is 1.48 bits per heavy atom. The highest BCUT2D eigenvalue weighted by atomic mass is 16.5. The fourth-order valence-corrected chi connectivity index (χ4v) is 2.22. The van der Waals surface area contributed by atoms with Gasteiger partial charge in [0.2, 0.25) is 5.91 Å². The Bertz CT molecular complexity index is 542. The molecule has 0 aliphatic carbocycles. The first-order valence-electron chi connectivity index (χ1n) is 7.34. The van der Waals surface area contributed by atoms with Crippen LogP contribution in [0.15, 0.2) is 18.2 Å². The third kappa shape index (κ3) is 3.74. The van der Waals surface area contributed by atoms with Gasteiger partial charge >= 0.3 is 0 Å². The van der Waals surface area contributed by atoms with Gasteiger partial charge in [0, 0.05) is 19.0 Å². The van der Waals surface area contributed by atoms with Gasteiger partial charge in [-0.3, -0.25) is 9.59 Å². The number of benzene rings is 1. The maximum atomic E-state index is 12.0. The molecule has 1 N–H and O–H groups in total. The van der Waals surface area contributed by atoms with Crippen molar-refractivity contribution in [2.75, 3.05) is 18.1 Å². The zero-order chi connectivity index (χ0) is 15.4. The van der Waals surface area contributed by atoms with Gasteiger partial charge in [0.25, 0.3) is 5.91 Å². The van der Waals surface area contributed by atoms with Crippen LogP contribution in [-0.2, 0) is 9.59 Å². The molecule has 1 aliphatic rings. The van der Waals surface area contributed by atoms with E-state index in [1.165, 1.54) is 0 Å². The van der Waals surface area contributed by atoms with Crippen LogP contribution in [0.2, 0.25) is 0 Å². The lowest BCUT2D eigenvalue weighted by Crippen LogP contribution is -2.42. The molecule has 0 saturated carbocycles. The number of nitrogens with one attached hydrogen (secondary N) is 1. The number of carbonyl (C=O) groups is 2. The van der Waals surface area contributed by atoms with Crippen molar-refractivity contribution in [3.05, 3.63) is 23.8 Å². The predicted molar refractivity (Wildman–Crippen MR) is 81.5 cm³/mol. The second kappa shape index (κ2) is 6.61. The van der Waals surface area contributed by atoms with E-state index in [9.17, 15) is 9.59 Å². The summed E-state index contributed by atoms with van der Waals surface area (Å²) in [5.41, 5.74) is 1.81. The Hall–Kier alpha value is -2.04. The Morgan fingerprint density at radius 2 is 2.24 bits per heavy atom. The number of fused-ring (bicyclic) bond motifs is 1. The number of anilines is 1. The largest absolute Gasteiger partial charge is 0.482 e. The second-order valence-corrected chi connectivity index (χ2v) is 5.43. The van der Waals surface area contributed by atoms with Gasteiger partial charge in [-0.2, -0.15) is 0 Å². The second-order valence-electron chi connectivity index (χ2n) is 5.43. The highest BCUT2D eigenvalue weighted by molar-refractivity contribution is 5.98. The van der Waals surface area contributed by atoms with Gasteiger partial charge in [-0.1, -0.05) is 13.0 Å². The monoisotopic (exact) mass is 290 g/mol. The molecule has 1 aliphatic heterocycles. The van der Waals surface area contributed by atoms with E-state index in [2.05, 4.69) is 5.32 Å². The Labute approximate surface area is 125 Å². The zero-order valence-electron chi connectivity index (χ0n) is 12.8. The molecular weight excluding hydrogens is 268 g/mol. The molecule has 0 spiro atoms. The summed E-state index contributed by atoms with van der Waals surface area (Å²) < 4.78 is 5.42. The van der Waals surface area contributed by atoms with E-state index in [0.29, 0.717) is 18.7 Å². The molecule has 5 nitrogen and oxygen atoms in total. The molecule has 2 rings (SSSR count). The lowest BCUT2D eigenvalue weighted by molar-refractivity contribution is -0.122. The van der Waals surface area contributed by atoms with Crippen LogP contribution in [0.25, 0.3) is 0 Å². The van der Waals surface area contributed by atoms with E-state index in [1.54, 1.807) is 4.90 Å². The Kier molecular flexibility index (Phi) is 4.83. The standard InChI is InChI=1S/C16H22N2O3/c1-4-12(3)17-15(19)7-8-18-13-9-11(2)5-6-14(13)21-10-16(18)20/h5-6,9,12H,4,7-8,10H2,1-3H3,(H,17,19)/t12-/m1/s1. The number of hydrogen-bond donors (Lipinski definition) is 1. The first-order valence-corrected chi connectivity index (χ1v) is 7.34. The predicted octanol–water partition coefficient (Wildman–Crippen LogP) is 2.03. The molecule has 2 amide bonds. The fraction of sp³-hybridized carbons (Fsp3) is 0.500. The molecule has 1 aromatic rings. The minimum atomic E-state index is -0.107. The number of ether oxygens (including phenoxy) is 1. The summed E-state index contributed by atoms with van der Waals surface area (Å²) in [4.78, 5) is 25.5. The fourth-order valence-electron chi connectivity index (χ4n) is 2.22. The highest BCUT2D eigenvalue weighted by Gasteiger charge is 2.25. The normalized spacial score (nSPS) is 15.2. The van der Waals surface area contributed by atoms with Gasteiger partial charge in [0.15, 0.2) is 6.61 Å². The Morgan fingerprint density at radius 3 is 2.95 bits per heavy atom. The Balaban J connectivity index is 2.04. The van der Waals surface area contributed by atoms with E-state index in [-0.39, 0.29) is 24.5 Å². The molecule has 0 aromatic heterocycles. The van der Waals surface area contributed by atoms with Crippen molar-refractivity contribution in [1.29, 1.82) is 0 Å². The van der Waals surface area contributed by atoms with Crippen molar-refractivity contribution in [3.63, 3.8) is 0 Å². The molecule has 1 aromatic carbocycles. The van der Waals surface area contributed by atoms with Crippen LogP contribution in [0.1, 0.15) is 32.3 Å². The molecular formula is C16H22N2O3. The maximum Gasteiger partial charge on any atom is 0.265 e. The van der Waals surface area contributed by atoms with Crippen LogP contribution in [0.4, 0.5) is 5.69 Å². The van der Waals surface area contributed by atoms with E-state index in [0.717, 1.165) is 17.7 Å². The van der Waals surface area contributed by atoms with Gasteiger partial charge in [0.1, 0.15) is 5.75 Å². The zero-order valence-corrected chi connectivity index (χ0v) is 12.8. The summed E-state index contributed by atoms with van der Waals surface area (Å²) in [5.74, 6) is 0.560. The third-order valence-electron chi connectivity index (χ3n) is 3.64. The molecule has 1 atom stereocenters. The number of aryl methyl sites for hydroxylation is 1. The molecule has 114 valence electrons. The average molecular weight is 290 g/mol. The number of amides is 2.